The second kappa shape index (κ2) is 9.07. The third kappa shape index (κ3) is 5.98. The van der Waals surface area contributed by atoms with Crippen LogP contribution in [0.15, 0.2) is 23.1 Å². The van der Waals surface area contributed by atoms with E-state index in [2.05, 4.69) is 5.32 Å². The minimum Gasteiger partial charge on any atom is -0.482 e. The molecule has 0 aliphatic rings. The quantitative estimate of drug-likeness (QED) is 0.664. The van der Waals surface area contributed by atoms with Crippen LogP contribution < -0.4 is 10.1 Å². The number of ether oxygens (including phenoxy) is 2. The molecule has 1 rings (SSSR count). The summed E-state index contributed by atoms with van der Waals surface area (Å²) in [7, 11) is 0.892. The summed E-state index contributed by atoms with van der Waals surface area (Å²) >= 11 is 6.01. The molecule has 0 aliphatic heterocycles. The summed E-state index contributed by atoms with van der Waals surface area (Å²) in [6.07, 6.45) is 0.708. The number of nitrogens with zero attached hydrogens (tertiary/aromatic N) is 1. The molecule has 0 atom stereocenters. The van der Waals surface area contributed by atoms with Crippen LogP contribution in [0.3, 0.4) is 0 Å². The summed E-state index contributed by atoms with van der Waals surface area (Å²) in [6.45, 7) is 0.852. The fraction of sp³-hybridized carbons (Fsp3) is 0.500. The number of rotatable bonds is 9. The highest BCUT2D eigenvalue weighted by Crippen LogP contribution is 2.28. The van der Waals surface area contributed by atoms with E-state index in [4.69, 9.17) is 21.1 Å². The third-order valence-corrected chi connectivity index (χ3v) is 4.99. The molecule has 0 bridgehead atoms. The monoisotopic (exact) mass is 364 g/mol. The lowest BCUT2D eigenvalue weighted by molar-refractivity contribution is -0.123. The number of amides is 1. The lowest BCUT2D eigenvalue weighted by atomic mass is 10.3. The SMILES string of the molecule is COCCCNC(=O)COc1ccc(S(=O)(=O)N(C)C)cc1Cl. The largest absolute Gasteiger partial charge is 0.482 e. The number of nitrogens with one attached hydrogen (secondary N) is 1. The second-order valence-electron chi connectivity index (χ2n) is 4.86. The van der Waals surface area contributed by atoms with Crippen LogP contribution in [-0.4, -0.2) is 59.6 Å². The van der Waals surface area contributed by atoms with E-state index in [-0.39, 0.29) is 28.2 Å². The average molecular weight is 365 g/mol. The maximum atomic E-state index is 12.0. The van der Waals surface area contributed by atoms with E-state index in [1.807, 2.05) is 0 Å². The number of benzene rings is 1. The number of hydrogen-bond acceptors (Lipinski definition) is 5. The summed E-state index contributed by atoms with van der Waals surface area (Å²) in [5.74, 6) is -0.0430. The Balaban J connectivity index is 2.61. The first-order chi connectivity index (χ1) is 10.8. The topological polar surface area (TPSA) is 84.9 Å². The molecule has 0 radical (unpaired) electrons. The van der Waals surface area contributed by atoms with Crippen molar-refractivity contribution >= 4 is 27.5 Å². The molecule has 130 valence electrons. The van der Waals surface area contributed by atoms with Gasteiger partial charge in [-0.05, 0) is 24.6 Å². The van der Waals surface area contributed by atoms with Gasteiger partial charge in [0.25, 0.3) is 5.91 Å². The van der Waals surface area contributed by atoms with Crippen molar-refractivity contribution in [3.63, 3.8) is 0 Å². The molecule has 1 N–H and O–H groups in total. The van der Waals surface area contributed by atoms with Gasteiger partial charge in [-0.1, -0.05) is 11.6 Å². The highest BCUT2D eigenvalue weighted by molar-refractivity contribution is 7.89. The zero-order chi connectivity index (χ0) is 17.5. The van der Waals surface area contributed by atoms with Gasteiger partial charge in [-0.15, -0.1) is 0 Å². The van der Waals surface area contributed by atoms with E-state index in [0.717, 1.165) is 4.31 Å². The Hall–Kier alpha value is -1.35. The lowest BCUT2D eigenvalue weighted by Gasteiger charge is -2.13. The summed E-state index contributed by atoms with van der Waals surface area (Å²) in [6, 6.07) is 4.10. The highest BCUT2D eigenvalue weighted by atomic mass is 35.5. The molecule has 0 spiro atoms. The van der Waals surface area contributed by atoms with Crippen LogP contribution in [0.1, 0.15) is 6.42 Å². The molecule has 7 nitrogen and oxygen atoms in total. The van der Waals surface area contributed by atoms with E-state index in [1.54, 1.807) is 7.11 Å². The molecular formula is C14H21ClN2O5S. The van der Waals surface area contributed by atoms with Gasteiger partial charge in [-0.25, -0.2) is 12.7 Å². The van der Waals surface area contributed by atoms with Crippen molar-refractivity contribution in [2.45, 2.75) is 11.3 Å². The molecule has 0 aliphatic carbocycles. The molecule has 1 amide bonds. The van der Waals surface area contributed by atoms with Crippen LogP contribution in [0.25, 0.3) is 0 Å². The first-order valence-corrected chi connectivity index (χ1v) is 8.71. The van der Waals surface area contributed by atoms with E-state index < -0.39 is 10.0 Å². The summed E-state index contributed by atoms with van der Waals surface area (Å²) in [4.78, 5) is 11.6. The Labute approximate surface area is 141 Å². The molecule has 0 aromatic heterocycles. The van der Waals surface area contributed by atoms with Crippen LogP contribution in [-0.2, 0) is 19.6 Å². The summed E-state index contributed by atoms with van der Waals surface area (Å²) in [5, 5.41) is 2.79. The van der Waals surface area contributed by atoms with Gasteiger partial charge in [0, 0.05) is 34.4 Å². The van der Waals surface area contributed by atoms with Crippen molar-refractivity contribution in [2.24, 2.45) is 0 Å². The van der Waals surface area contributed by atoms with Crippen LogP contribution in [0.2, 0.25) is 5.02 Å². The third-order valence-electron chi connectivity index (χ3n) is 2.89. The number of halogens is 1. The highest BCUT2D eigenvalue weighted by Gasteiger charge is 2.18. The van der Waals surface area contributed by atoms with Crippen molar-refractivity contribution in [1.82, 2.24) is 9.62 Å². The lowest BCUT2D eigenvalue weighted by Crippen LogP contribution is -2.30. The van der Waals surface area contributed by atoms with E-state index in [0.29, 0.717) is 19.6 Å². The van der Waals surface area contributed by atoms with Crippen LogP contribution in [0, 0.1) is 0 Å². The van der Waals surface area contributed by atoms with Crippen LogP contribution >= 0.6 is 11.6 Å². The summed E-state index contributed by atoms with van der Waals surface area (Å²) < 4.78 is 35.2. The Bertz CT molecular complexity index is 634. The number of sulfonamides is 1. The van der Waals surface area contributed by atoms with E-state index >= 15 is 0 Å². The van der Waals surface area contributed by atoms with Gasteiger partial charge >= 0.3 is 0 Å². The molecule has 0 unspecified atom stereocenters. The Morgan fingerprint density at radius 2 is 2.04 bits per heavy atom. The molecule has 23 heavy (non-hydrogen) atoms. The molecule has 9 heteroatoms. The normalized spacial score (nSPS) is 11.5. The molecule has 1 aromatic rings. The zero-order valence-corrected chi connectivity index (χ0v) is 14.9. The Morgan fingerprint density at radius 1 is 1.35 bits per heavy atom. The Kier molecular flexibility index (Phi) is 7.77. The predicted molar refractivity (Wildman–Crippen MR) is 87.3 cm³/mol. The number of hydrogen-bond donors (Lipinski definition) is 1. The van der Waals surface area contributed by atoms with Gasteiger partial charge in [0.05, 0.1) is 9.92 Å². The van der Waals surface area contributed by atoms with Gasteiger partial charge in [0.1, 0.15) is 5.75 Å². The smallest absolute Gasteiger partial charge is 0.257 e. The van der Waals surface area contributed by atoms with Gasteiger partial charge in [0.2, 0.25) is 10.0 Å². The van der Waals surface area contributed by atoms with Gasteiger partial charge < -0.3 is 14.8 Å². The van der Waals surface area contributed by atoms with E-state index in [1.165, 1.54) is 32.3 Å². The standard InChI is InChI=1S/C14H21ClN2O5S/c1-17(2)23(19,20)11-5-6-13(12(15)9-11)22-10-14(18)16-7-4-8-21-3/h5-6,9H,4,7-8,10H2,1-3H3,(H,16,18). The van der Waals surface area contributed by atoms with Crippen LogP contribution in [0.4, 0.5) is 0 Å². The fourth-order valence-corrected chi connectivity index (χ4v) is 2.84. The van der Waals surface area contributed by atoms with Crippen LogP contribution in [0.5, 0.6) is 5.75 Å². The maximum Gasteiger partial charge on any atom is 0.257 e. The van der Waals surface area contributed by atoms with Crippen molar-refractivity contribution < 1.29 is 22.7 Å². The molecule has 1 aromatic carbocycles. The number of methoxy groups -OCH3 is 1. The number of carbonyl (C=O) groups excluding carboxylic acids is 1. The average Bonchev–Trinajstić information content (AvgIpc) is 2.50. The maximum absolute atomic E-state index is 12.0. The molecule has 0 saturated heterocycles. The summed E-state index contributed by atoms with van der Waals surface area (Å²) in [5.41, 5.74) is 0. The van der Waals surface area contributed by atoms with Crippen molar-refractivity contribution in [3.05, 3.63) is 23.2 Å². The minimum absolute atomic E-state index is 0.0591. The Morgan fingerprint density at radius 3 is 2.61 bits per heavy atom. The predicted octanol–water partition coefficient (Wildman–Crippen LogP) is 1.12. The van der Waals surface area contributed by atoms with Crippen molar-refractivity contribution in [1.29, 1.82) is 0 Å². The molecular weight excluding hydrogens is 344 g/mol. The first-order valence-electron chi connectivity index (χ1n) is 6.89. The number of carbonyl (C=O) groups is 1. The van der Waals surface area contributed by atoms with Gasteiger partial charge in [0.15, 0.2) is 6.61 Å². The van der Waals surface area contributed by atoms with Crippen molar-refractivity contribution in [2.75, 3.05) is 41.0 Å². The molecule has 0 heterocycles. The second-order valence-corrected chi connectivity index (χ2v) is 7.42. The van der Waals surface area contributed by atoms with Crippen molar-refractivity contribution in [3.8, 4) is 5.75 Å². The zero-order valence-electron chi connectivity index (χ0n) is 13.3. The van der Waals surface area contributed by atoms with Gasteiger partial charge in [-0.2, -0.15) is 0 Å². The fourth-order valence-electron chi connectivity index (χ4n) is 1.61. The van der Waals surface area contributed by atoms with E-state index in [9.17, 15) is 13.2 Å². The molecule has 0 saturated carbocycles. The van der Waals surface area contributed by atoms with Gasteiger partial charge in [-0.3, -0.25) is 4.79 Å². The molecule has 0 fully saturated rings. The minimum atomic E-state index is -3.56. The first kappa shape index (κ1) is 19.7.